The van der Waals surface area contributed by atoms with Crippen LogP contribution in [0.15, 0.2) is 63.1 Å². The first-order valence-electron chi connectivity index (χ1n) is 8.17. The molecule has 138 valence electrons. The Hall–Kier alpha value is -2.64. The molecule has 0 radical (unpaired) electrons. The molecular weight excluding hydrogens is 384 g/mol. The molecule has 0 spiro atoms. The highest BCUT2D eigenvalue weighted by Gasteiger charge is 2.17. The minimum Gasteiger partial charge on any atom is -0.360 e. The number of nitrogens with one attached hydrogen (secondary N) is 1. The van der Waals surface area contributed by atoms with Crippen molar-refractivity contribution in [2.75, 3.05) is 5.32 Å². The van der Waals surface area contributed by atoms with Crippen LogP contribution in [-0.2, 0) is 4.79 Å². The second-order valence-electron chi connectivity index (χ2n) is 5.68. The second-order valence-corrected chi connectivity index (χ2v) is 7.42. The van der Waals surface area contributed by atoms with Crippen molar-refractivity contribution in [2.45, 2.75) is 24.0 Å². The molecule has 0 saturated carbocycles. The Labute approximate surface area is 166 Å². The smallest absolute Gasteiger partial charge is 0.238 e. The highest BCUT2D eigenvalue weighted by molar-refractivity contribution is 8.00. The van der Waals surface area contributed by atoms with E-state index in [0.717, 1.165) is 16.1 Å². The van der Waals surface area contributed by atoms with E-state index in [1.807, 2.05) is 37.3 Å². The fourth-order valence-corrected chi connectivity index (χ4v) is 3.31. The number of rotatable bonds is 6. The van der Waals surface area contributed by atoms with Gasteiger partial charge in [-0.05, 0) is 38.1 Å². The number of hydrogen-bond acceptors (Lipinski definition) is 6. The molecule has 1 aromatic carbocycles. The Balaban J connectivity index is 1.71. The standard InChI is InChI=1S/C19H17ClN4O2S/c1-12-10-17(24-26-12)23-19(25)13(2)27-16-8-4-3-7-15(16)22-11-14-6-5-9-21-18(14)20/h3-11,13H,1-2H3,(H,23,24,25). The average molecular weight is 401 g/mol. The number of halogens is 1. The number of aliphatic imine (C=N–C) groups is 1. The van der Waals surface area contributed by atoms with Crippen molar-refractivity contribution in [1.29, 1.82) is 0 Å². The Bertz CT molecular complexity index is 974. The number of benzene rings is 1. The van der Waals surface area contributed by atoms with Gasteiger partial charge in [-0.3, -0.25) is 9.79 Å². The van der Waals surface area contributed by atoms with Gasteiger partial charge in [0.05, 0.1) is 10.9 Å². The van der Waals surface area contributed by atoms with Crippen LogP contribution < -0.4 is 5.32 Å². The van der Waals surface area contributed by atoms with Gasteiger partial charge in [0.1, 0.15) is 10.9 Å². The molecule has 1 unspecified atom stereocenters. The number of aryl methyl sites for hydroxylation is 1. The molecule has 2 heterocycles. The summed E-state index contributed by atoms with van der Waals surface area (Å²) in [7, 11) is 0. The first-order chi connectivity index (χ1) is 13.0. The summed E-state index contributed by atoms with van der Waals surface area (Å²) in [5.41, 5.74) is 1.48. The van der Waals surface area contributed by atoms with Crippen molar-refractivity contribution in [3.05, 3.63) is 65.1 Å². The predicted octanol–water partition coefficient (Wildman–Crippen LogP) is 4.90. The van der Waals surface area contributed by atoms with Gasteiger partial charge in [-0.1, -0.05) is 28.9 Å². The normalized spacial score (nSPS) is 12.3. The second kappa shape index (κ2) is 8.83. The van der Waals surface area contributed by atoms with E-state index in [-0.39, 0.29) is 11.2 Å². The number of hydrogen-bond donors (Lipinski definition) is 1. The lowest BCUT2D eigenvalue weighted by Gasteiger charge is -2.12. The van der Waals surface area contributed by atoms with E-state index >= 15 is 0 Å². The number of pyridine rings is 1. The molecule has 3 aromatic rings. The number of carbonyl (C=O) groups excluding carboxylic acids is 1. The molecule has 2 aromatic heterocycles. The molecule has 27 heavy (non-hydrogen) atoms. The van der Waals surface area contributed by atoms with E-state index in [2.05, 4.69) is 20.4 Å². The Kier molecular flexibility index (Phi) is 6.26. The molecule has 0 aliphatic rings. The first-order valence-corrected chi connectivity index (χ1v) is 9.43. The summed E-state index contributed by atoms with van der Waals surface area (Å²) in [5, 5.41) is 6.56. The number of amides is 1. The number of aromatic nitrogens is 2. The molecule has 1 N–H and O–H groups in total. The number of anilines is 1. The zero-order valence-electron chi connectivity index (χ0n) is 14.7. The molecule has 0 aliphatic heterocycles. The molecule has 8 heteroatoms. The summed E-state index contributed by atoms with van der Waals surface area (Å²) in [6.07, 6.45) is 3.29. The minimum atomic E-state index is -0.347. The molecule has 0 aliphatic carbocycles. The molecule has 6 nitrogen and oxygen atoms in total. The average Bonchev–Trinajstić information content (AvgIpc) is 3.06. The fraction of sp³-hybridized carbons (Fsp3) is 0.158. The maximum absolute atomic E-state index is 12.4. The quantitative estimate of drug-likeness (QED) is 0.361. The van der Waals surface area contributed by atoms with Gasteiger partial charge in [0, 0.05) is 28.9 Å². The van der Waals surface area contributed by atoms with Crippen LogP contribution in [0.2, 0.25) is 5.15 Å². The fourth-order valence-electron chi connectivity index (χ4n) is 2.19. The third-order valence-corrected chi connectivity index (χ3v) is 5.03. The Morgan fingerprint density at radius 3 is 2.89 bits per heavy atom. The van der Waals surface area contributed by atoms with Gasteiger partial charge >= 0.3 is 0 Å². The molecule has 0 saturated heterocycles. The highest BCUT2D eigenvalue weighted by atomic mass is 35.5. The van der Waals surface area contributed by atoms with Crippen LogP contribution in [0.4, 0.5) is 11.5 Å². The van der Waals surface area contributed by atoms with Crippen LogP contribution in [0.1, 0.15) is 18.2 Å². The summed E-state index contributed by atoms with van der Waals surface area (Å²) in [6.45, 7) is 3.59. The molecule has 0 fully saturated rings. The van der Waals surface area contributed by atoms with Crippen LogP contribution >= 0.6 is 23.4 Å². The van der Waals surface area contributed by atoms with E-state index < -0.39 is 0 Å². The number of para-hydroxylation sites is 1. The van der Waals surface area contributed by atoms with Crippen molar-refractivity contribution in [1.82, 2.24) is 10.1 Å². The lowest BCUT2D eigenvalue weighted by Crippen LogP contribution is -2.22. The molecular formula is C19H17ClN4O2S. The van der Waals surface area contributed by atoms with Gasteiger partial charge in [-0.15, -0.1) is 11.8 Å². The first kappa shape index (κ1) is 19.1. The maximum Gasteiger partial charge on any atom is 0.238 e. The molecule has 1 amide bonds. The van der Waals surface area contributed by atoms with E-state index in [4.69, 9.17) is 16.1 Å². The van der Waals surface area contributed by atoms with Gasteiger partial charge in [0.25, 0.3) is 0 Å². The summed E-state index contributed by atoms with van der Waals surface area (Å²) < 4.78 is 4.96. The maximum atomic E-state index is 12.4. The zero-order valence-corrected chi connectivity index (χ0v) is 16.3. The van der Waals surface area contributed by atoms with Crippen molar-refractivity contribution >= 4 is 47.0 Å². The predicted molar refractivity (Wildman–Crippen MR) is 108 cm³/mol. The van der Waals surface area contributed by atoms with Crippen LogP contribution in [-0.4, -0.2) is 27.5 Å². The van der Waals surface area contributed by atoms with Crippen molar-refractivity contribution in [3.8, 4) is 0 Å². The van der Waals surface area contributed by atoms with Crippen LogP contribution in [0, 0.1) is 6.92 Å². The van der Waals surface area contributed by atoms with Crippen molar-refractivity contribution in [2.24, 2.45) is 4.99 Å². The minimum absolute atomic E-state index is 0.164. The largest absolute Gasteiger partial charge is 0.360 e. The van der Waals surface area contributed by atoms with Crippen LogP contribution in [0.3, 0.4) is 0 Å². The van der Waals surface area contributed by atoms with Gasteiger partial charge in [0.15, 0.2) is 5.82 Å². The molecule has 3 rings (SSSR count). The van der Waals surface area contributed by atoms with E-state index in [9.17, 15) is 4.79 Å². The number of nitrogens with zero attached hydrogens (tertiary/aromatic N) is 3. The van der Waals surface area contributed by atoms with Gasteiger partial charge < -0.3 is 9.84 Å². The summed E-state index contributed by atoms with van der Waals surface area (Å²) in [5.74, 6) is 0.879. The van der Waals surface area contributed by atoms with Crippen molar-refractivity contribution < 1.29 is 9.32 Å². The summed E-state index contributed by atoms with van der Waals surface area (Å²) >= 11 is 7.47. The third kappa shape index (κ3) is 5.18. The van der Waals surface area contributed by atoms with Crippen molar-refractivity contribution in [3.63, 3.8) is 0 Å². The zero-order chi connectivity index (χ0) is 19.2. The van der Waals surface area contributed by atoms with Crippen LogP contribution in [0.5, 0.6) is 0 Å². The lowest BCUT2D eigenvalue weighted by molar-refractivity contribution is -0.115. The van der Waals surface area contributed by atoms with Gasteiger partial charge in [-0.2, -0.15) is 0 Å². The topological polar surface area (TPSA) is 80.4 Å². The lowest BCUT2D eigenvalue weighted by atomic mass is 10.3. The molecule has 1 atom stereocenters. The monoisotopic (exact) mass is 400 g/mol. The van der Waals surface area contributed by atoms with Crippen LogP contribution in [0.25, 0.3) is 0 Å². The van der Waals surface area contributed by atoms with Gasteiger partial charge in [0.2, 0.25) is 5.91 Å². The summed E-state index contributed by atoms with van der Waals surface area (Å²) in [4.78, 5) is 21.8. The third-order valence-electron chi connectivity index (χ3n) is 3.55. The van der Waals surface area contributed by atoms with E-state index in [1.165, 1.54) is 11.8 Å². The molecule has 0 bridgehead atoms. The Morgan fingerprint density at radius 2 is 2.15 bits per heavy atom. The summed E-state index contributed by atoms with van der Waals surface area (Å²) in [6, 6.07) is 12.9. The number of carbonyl (C=O) groups is 1. The van der Waals surface area contributed by atoms with E-state index in [1.54, 1.807) is 31.5 Å². The number of thioether (sulfide) groups is 1. The Morgan fingerprint density at radius 1 is 1.33 bits per heavy atom. The van der Waals surface area contributed by atoms with E-state index in [0.29, 0.717) is 16.7 Å². The SMILES string of the molecule is Cc1cc(NC(=O)C(C)Sc2ccccc2N=Cc2cccnc2Cl)no1. The van der Waals surface area contributed by atoms with Gasteiger partial charge in [-0.25, -0.2) is 4.98 Å². The highest BCUT2D eigenvalue weighted by Crippen LogP contribution is 2.32.